The highest BCUT2D eigenvalue weighted by Gasteiger charge is 2.34. The number of nitrogens with one attached hydrogen (secondary N) is 1. The van der Waals surface area contributed by atoms with Crippen LogP contribution in [0, 0.1) is 5.92 Å². The number of carbonyl (C=O) groups is 2. The minimum atomic E-state index is -4.47. The number of carbonyl (C=O) groups excluding carboxylic acids is 1. The molecule has 0 aliphatic carbocycles. The Balaban J connectivity index is 1.64. The fraction of sp³-hybridized carbons (Fsp3) is 0.312. The third-order valence-electron chi connectivity index (χ3n) is 4.00. The van der Waals surface area contributed by atoms with Gasteiger partial charge in [-0.05, 0) is 18.6 Å². The Bertz CT molecular complexity index is 820. The summed E-state index contributed by atoms with van der Waals surface area (Å²) in [7, 11) is 0. The zero-order valence-corrected chi connectivity index (χ0v) is 14.1. The van der Waals surface area contributed by atoms with Crippen molar-refractivity contribution in [2.24, 2.45) is 5.92 Å². The Morgan fingerprint density at radius 1 is 1.27 bits per heavy atom. The van der Waals surface area contributed by atoms with Crippen LogP contribution in [0.25, 0.3) is 11.3 Å². The maximum Gasteiger partial charge on any atom is 0.443 e. The maximum absolute atomic E-state index is 12.6. The Morgan fingerprint density at radius 2 is 1.96 bits per heavy atom. The van der Waals surface area contributed by atoms with Gasteiger partial charge in [0.2, 0.25) is 0 Å². The van der Waals surface area contributed by atoms with Gasteiger partial charge in [-0.15, -0.1) is 11.3 Å². The number of carboxylic acids is 1. The quantitative estimate of drug-likeness (QED) is 0.843. The molecule has 2 aromatic rings. The molecular weight excluding hydrogens is 371 g/mol. The molecule has 2 N–H and O–H groups in total. The summed E-state index contributed by atoms with van der Waals surface area (Å²) in [6.45, 7) is 0.512. The number of benzene rings is 1. The van der Waals surface area contributed by atoms with E-state index in [0.717, 1.165) is 0 Å². The number of alkyl halides is 3. The summed E-state index contributed by atoms with van der Waals surface area (Å²) in [6, 6.07) is 5.84. The molecule has 1 aliphatic heterocycles. The molecule has 0 radical (unpaired) electrons. The van der Waals surface area contributed by atoms with Gasteiger partial charge < -0.3 is 15.3 Å². The predicted octanol–water partition coefficient (Wildman–Crippen LogP) is 3.77. The molecule has 10 heteroatoms. The average molecular weight is 385 g/mol. The van der Waals surface area contributed by atoms with Gasteiger partial charge in [0.15, 0.2) is 5.01 Å². The first kappa shape index (κ1) is 18.2. The molecule has 0 spiro atoms. The second-order valence-electron chi connectivity index (χ2n) is 5.81. The van der Waals surface area contributed by atoms with Gasteiger partial charge in [-0.2, -0.15) is 13.2 Å². The zero-order valence-electron chi connectivity index (χ0n) is 13.3. The van der Waals surface area contributed by atoms with Crippen molar-refractivity contribution < 1.29 is 27.9 Å². The number of aliphatic carboxylic acids is 1. The Kier molecular flexibility index (Phi) is 4.86. The summed E-state index contributed by atoms with van der Waals surface area (Å²) in [6.07, 6.45) is -4.06. The van der Waals surface area contributed by atoms with Gasteiger partial charge in [0.1, 0.15) is 0 Å². The highest BCUT2D eigenvalue weighted by atomic mass is 32.1. The molecule has 26 heavy (non-hydrogen) atoms. The third-order valence-corrected chi connectivity index (χ3v) is 4.89. The van der Waals surface area contributed by atoms with Crippen LogP contribution in [0.3, 0.4) is 0 Å². The molecule has 0 saturated carbocycles. The van der Waals surface area contributed by atoms with E-state index < -0.39 is 29.1 Å². The predicted molar refractivity (Wildman–Crippen MR) is 88.9 cm³/mol. The van der Waals surface area contributed by atoms with Gasteiger partial charge in [-0.3, -0.25) is 4.79 Å². The fourth-order valence-corrected chi connectivity index (χ4v) is 3.31. The van der Waals surface area contributed by atoms with Crippen LogP contribution in [0.4, 0.5) is 23.7 Å². The molecule has 1 unspecified atom stereocenters. The van der Waals surface area contributed by atoms with Crippen LogP contribution >= 0.6 is 11.3 Å². The number of urea groups is 1. The van der Waals surface area contributed by atoms with Crippen LogP contribution in [-0.4, -0.2) is 40.1 Å². The van der Waals surface area contributed by atoms with Gasteiger partial charge >= 0.3 is 18.2 Å². The fourth-order valence-electron chi connectivity index (χ4n) is 2.61. The third kappa shape index (κ3) is 3.96. The van der Waals surface area contributed by atoms with Crippen molar-refractivity contribution in [2.75, 3.05) is 18.4 Å². The first-order valence-corrected chi connectivity index (χ1v) is 8.54. The van der Waals surface area contributed by atoms with E-state index in [1.165, 1.54) is 10.3 Å². The van der Waals surface area contributed by atoms with Crippen LogP contribution in [-0.2, 0) is 11.0 Å². The summed E-state index contributed by atoms with van der Waals surface area (Å²) < 4.78 is 37.8. The lowest BCUT2D eigenvalue weighted by atomic mass is 10.1. The van der Waals surface area contributed by atoms with Crippen LogP contribution in [0.2, 0.25) is 0 Å². The van der Waals surface area contributed by atoms with Crippen molar-refractivity contribution in [1.82, 2.24) is 9.88 Å². The molecule has 0 bridgehead atoms. The number of rotatable bonds is 3. The zero-order chi connectivity index (χ0) is 18.9. The van der Waals surface area contributed by atoms with E-state index in [2.05, 4.69) is 10.3 Å². The van der Waals surface area contributed by atoms with E-state index in [9.17, 15) is 22.8 Å². The van der Waals surface area contributed by atoms with Gasteiger partial charge in [-0.25, -0.2) is 9.78 Å². The Morgan fingerprint density at radius 3 is 2.50 bits per heavy atom. The topological polar surface area (TPSA) is 82.5 Å². The molecule has 1 aromatic carbocycles. The lowest BCUT2D eigenvalue weighted by Gasteiger charge is -2.16. The van der Waals surface area contributed by atoms with Crippen molar-refractivity contribution in [3.63, 3.8) is 0 Å². The monoisotopic (exact) mass is 385 g/mol. The van der Waals surface area contributed by atoms with Crippen LogP contribution < -0.4 is 5.32 Å². The average Bonchev–Trinajstić information content (AvgIpc) is 3.25. The summed E-state index contributed by atoms with van der Waals surface area (Å²) >= 11 is 0.525. The second-order valence-corrected chi connectivity index (χ2v) is 6.67. The van der Waals surface area contributed by atoms with Crippen LogP contribution in [0.1, 0.15) is 11.4 Å². The Labute approximate surface area is 150 Å². The minimum absolute atomic E-state index is 0.151. The van der Waals surface area contributed by atoms with Gasteiger partial charge in [0.25, 0.3) is 0 Å². The summed E-state index contributed by atoms with van der Waals surface area (Å²) in [5, 5.41) is 12.0. The van der Waals surface area contributed by atoms with E-state index in [1.54, 1.807) is 24.3 Å². The molecule has 2 heterocycles. The van der Waals surface area contributed by atoms with Crippen molar-refractivity contribution in [3.05, 3.63) is 34.7 Å². The van der Waals surface area contributed by atoms with E-state index >= 15 is 0 Å². The van der Waals surface area contributed by atoms with Gasteiger partial charge in [0, 0.05) is 29.7 Å². The maximum atomic E-state index is 12.6. The normalized spacial score (nSPS) is 17.3. The summed E-state index contributed by atoms with van der Waals surface area (Å²) in [5.74, 6) is -1.48. The van der Waals surface area contributed by atoms with Crippen LogP contribution in [0.5, 0.6) is 0 Å². The molecule has 1 aliphatic rings. The lowest BCUT2D eigenvalue weighted by molar-refractivity contribution is -0.141. The number of carboxylic acid groups (broad SMARTS) is 1. The smallest absolute Gasteiger partial charge is 0.443 e. The van der Waals surface area contributed by atoms with E-state index in [4.69, 9.17) is 5.11 Å². The molecule has 138 valence electrons. The molecular formula is C16H14F3N3O3S. The number of halogens is 3. The molecule has 3 rings (SSSR count). The molecule has 2 amide bonds. The number of aromatic nitrogens is 1. The first-order valence-electron chi connectivity index (χ1n) is 7.66. The number of anilines is 1. The number of hydrogen-bond donors (Lipinski definition) is 2. The molecule has 1 fully saturated rings. The molecule has 6 nitrogen and oxygen atoms in total. The number of nitrogens with zero attached hydrogens (tertiary/aromatic N) is 2. The van der Waals surface area contributed by atoms with E-state index in [-0.39, 0.29) is 12.2 Å². The standard InChI is InChI=1S/C16H14F3N3O3S/c17-16(18,19)14-21-12(8-26-14)9-1-3-11(4-2-9)20-15(25)22-6-5-10(7-22)13(23)24/h1-4,8,10H,5-7H2,(H,20,25)(H,23,24). The van der Waals surface area contributed by atoms with Gasteiger partial charge in [0.05, 0.1) is 11.6 Å². The van der Waals surface area contributed by atoms with Crippen molar-refractivity contribution >= 4 is 29.0 Å². The summed E-state index contributed by atoms with van der Waals surface area (Å²) in [5.41, 5.74) is 1.18. The van der Waals surface area contributed by atoms with Crippen molar-refractivity contribution in [2.45, 2.75) is 12.6 Å². The summed E-state index contributed by atoms with van der Waals surface area (Å²) in [4.78, 5) is 28.1. The lowest BCUT2D eigenvalue weighted by Crippen LogP contribution is -2.33. The number of amides is 2. The largest absolute Gasteiger partial charge is 0.481 e. The SMILES string of the molecule is O=C(O)C1CCN(C(=O)Nc2ccc(-c3csc(C(F)(F)F)n3)cc2)C1. The first-order chi connectivity index (χ1) is 12.2. The van der Waals surface area contributed by atoms with Crippen molar-refractivity contribution in [1.29, 1.82) is 0 Å². The highest BCUT2D eigenvalue weighted by molar-refractivity contribution is 7.10. The number of hydrogen-bond acceptors (Lipinski definition) is 4. The van der Waals surface area contributed by atoms with Gasteiger partial charge in [-0.1, -0.05) is 12.1 Å². The highest BCUT2D eigenvalue weighted by Crippen LogP contribution is 2.34. The second kappa shape index (κ2) is 6.94. The molecule has 1 atom stereocenters. The Hall–Kier alpha value is -2.62. The minimum Gasteiger partial charge on any atom is -0.481 e. The number of thiazole rings is 1. The van der Waals surface area contributed by atoms with Crippen molar-refractivity contribution in [3.8, 4) is 11.3 Å². The number of likely N-dealkylation sites (tertiary alicyclic amines) is 1. The molecule has 1 aromatic heterocycles. The van der Waals surface area contributed by atoms with E-state index in [0.29, 0.717) is 35.6 Å². The van der Waals surface area contributed by atoms with Crippen LogP contribution in [0.15, 0.2) is 29.6 Å². The molecule has 1 saturated heterocycles. The van der Waals surface area contributed by atoms with E-state index in [1.807, 2.05) is 0 Å².